The highest BCUT2D eigenvalue weighted by Crippen LogP contribution is 2.29. The van der Waals surface area contributed by atoms with Crippen molar-refractivity contribution < 1.29 is 9.15 Å². The zero-order valence-corrected chi connectivity index (χ0v) is 19.8. The molecule has 0 aliphatic carbocycles. The van der Waals surface area contributed by atoms with Crippen LogP contribution in [0, 0.1) is 18.3 Å². The lowest BCUT2D eigenvalue weighted by molar-refractivity contribution is 0.223. The molecule has 176 valence electrons. The van der Waals surface area contributed by atoms with E-state index < -0.39 is 5.41 Å². The summed E-state index contributed by atoms with van der Waals surface area (Å²) in [5, 5.41) is 21.2. The number of pyridine rings is 1. The van der Waals surface area contributed by atoms with Crippen LogP contribution in [-0.2, 0) is 5.41 Å². The van der Waals surface area contributed by atoms with E-state index in [-0.39, 0.29) is 12.0 Å². The Bertz CT molecular complexity index is 1380. The average Bonchev–Trinajstić information content (AvgIpc) is 3.58. The summed E-state index contributed by atoms with van der Waals surface area (Å²) in [5.41, 5.74) is 3.35. The molecule has 0 unspecified atom stereocenters. The van der Waals surface area contributed by atoms with E-state index in [9.17, 15) is 5.26 Å². The molecule has 1 atom stereocenters. The third-order valence-electron chi connectivity index (χ3n) is 5.98. The van der Waals surface area contributed by atoms with Crippen LogP contribution in [0.4, 0.5) is 0 Å². The minimum atomic E-state index is -0.715. The summed E-state index contributed by atoms with van der Waals surface area (Å²) in [6.07, 6.45) is 4.57. The summed E-state index contributed by atoms with van der Waals surface area (Å²) in [6, 6.07) is 13.6. The van der Waals surface area contributed by atoms with E-state index in [0.29, 0.717) is 28.7 Å². The third-order valence-corrected chi connectivity index (χ3v) is 5.98. The van der Waals surface area contributed by atoms with Gasteiger partial charge in [0.1, 0.15) is 17.5 Å². The van der Waals surface area contributed by atoms with Crippen molar-refractivity contribution in [2.24, 2.45) is 0 Å². The van der Waals surface area contributed by atoms with E-state index in [0.717, 1.165) is 36.4 Å². The zero-order valence-electron chi connectivity index (χ0n) is 19.8. The Labute approximate surface area is 203 Å². The molecule has 1 aliphatic heterocycles. The lowest BCUT2D eigenvalue weighted by Gasteiger charge is -2.15. The molecule has 1 fully saturated rings. The topological polar surface area (TPSA) is 123 Å². The van der Waals surface area contributed by atoms with Gasteiger partial charge in [-0.15, -0.1) is 10.2 Å². The quantitative estimate of drug-likeness (QED) is 0.446. The average molecular weight is 468 g/mol. The van der Waals surface area contributed by atoms with Gasteiger partial charge in [0.2, 0.25) is 5.89 Å². The maximum Gasteiger partial charge on any atom is 0.268 e. The molecule has 0 bridgehead atoms. The van der Waals surface area contributed by atoms with Crippen LogP contribution >= 0.6 is 0 Å². The number of nitriles is 1. The van der Waals surface area contributed by atoms with Gasteiger partial charge in [0, 0.05) is 23.9 Å². The van der Waals surface area contributed by atoms with Crippen LogP contribution in [0.5, 0.6) is 5.75 Å². The lowest BCUT2D eigenvalue weighted by atomic mass is 9.90. The van der Waals surface area contributed by atoms with Gasteiger partial charge in [0.15, 0.2) is 0 Å². The number of hydrogen-bond donors (Lipinski definition) is 1. The highest BCUT2D eigenvalue weighted by atomic mass is 16.5. The summed E-state index contributed by atoms with van der Waals surface area (Å²) in [7, 11) is 0. The minimum absolute atomic E-state index is 0.201. The van der Waals surface area contributed by atoms with E-state index in [2.05, 4.69) is 31.6 Å². The molecular weight excluding hydrogens is 442 g/mol. The molecule has 0 spiro atoms. The Hall–Kier alpha value is -4.16. The minimum Gasteiger partial charge on any atom is -0.489 e. The molecule has 4 heterocycles. The SMILES string of the molecule is Cc1ncc(-c2ccnc(C(C)(C)C#N)c2)nc1-c1nnc(-c2ccc(O[C@H]3CCNC3)cc2)o1. The van der Waals surface area contributed by atoms with Crippen LogP contribution in [0.25, 0.3) is 34.3 Å². The first-order valence-corrected chi connectivity index (χ1v) is 11.5. The van der Waals surface area contributed by atoms with Crippen molar-refractivity contribution in [1.29, 1.82) is 5.26 Å². The summed E-state index contributed by atoms with van der Waals surface area (Å²) in [5.74, 6) is 1.49. The Kier molecular flexibility index (Phi) is 5.97. The fourth-order valence-electron chi connectivity index (χ4n) is 3.81. The maximum atomic E-state index is 9.46. The molecule has 9 heteroatoms. The molecule has 0 amide bonds. The normalized spacial score (nSPS) is 15.7. The van der Waals surface area contributed by atoms with Gasteiger partial charge in [-0.05, 0) is 70.1 Å². The first kappa shape index (κ1) is 22.6. The van der Waals surface area contributed by atoms with Crippen molar-refractivity contribution in [3.8, 4) is 46.1 Å². The van der Waals surface area contributed by atoms with Gasteiger partial charge in [-0.25, -0.2) is 4.98 Å². The fourth-order valence-corrected chi connectivity index (χ4v) is 3.81. The maximum absolute atomic E-state index is 9.46. The molecular formula is C26H25N7O2. The largest absolute Gasteiger partial charge is 0.489 e. The molecule has 4 aromatic rings. The Morgan fingerprint density at radius 3 is 2.63 bits per heavy atom. The monoisotopic (exact) mass is 467 g/mol. The lowest BCUT2D eigenvalue weighted by Crippen LogP contribution is -2.19. The van der Waals surface area contributed by atoms with Gasteiger partial charge in [0.25, 0.3) is 5.89 Å². The summed E-state index contributed by atoms with van der Waals surface area (Å²) < 4.78 is 11.9. The molecule has 3 aromatic heterocycles. The molecule has 1 saturated heterocycles. The van der Waals surface area contributed by atoms with Gasteiger partial charge in [-0.1, -0.05) is 0 Å². The zero-order chi connectivity index (χ0) is 24.4. The second kappa shape index (κ2) is 9.24. The first-order valence-electron chi connectivity index (χ1n) is 11.5. The van der Waals surface area contributed by atoms with Crippen LogP contribution in [0.15, 0.2) is 53.2 Å². The van der Waals surface area contributed by atoms with Gasteiger partial charge < -0.3 is 14.5 Å². The van der Waals surface area contributed by atoms with E-state index in [1.165, 1.54) is 0 Å². The molecule has 1 aliphatic rings. The fraction of sp³-hybridized carbons (Fsp3) is 0.308. The Morgan fingerprint density at radius 1 is 1.09 bits per heavy atom. The molecule has 5 rings (SSSR count). The molecule has 1 N–H and O–H groups in total. The van der Waals surface area contributed by atoms with Crippen molar-refractivity contribution in [2.75, 3.05) is 13.1 Å². The Morgan fingerprint density at radius 2 is 1.89 bits per heavy atom. The Balaban J connectivity index is 1.40. The van der Waals surface area contributed by atoms with Crippen LogP contribution in [0.2, 0.25) is 0 Å². The van der Waals surface area contributed by atoms with Gasteiger partial charge in [-0.2, -0.15) is 5.26 Å². The second-order valence-corrected chi connectivity index (χ2v) is 9.03. The number of nitrogens with one attached hydrogen (secondary N) is 1. The summed E-state index contributed by atoms with van der Waals surface area (Å²) in [6.45, 7) is 7.35. The van der Waals surface area contributed by atoms with Gasteiger partial charge in [0.05, 0.1) is 34.8 Å². The van der Waals surface area contributed by atoms with Crippen molar-refractivity contribution >= 4 is 0 Å². The number of benzene rings is 1. The second-order valence-electron chi connectivity index (χ2n) is 9.03. The summed E-state index contributed by atoms with van der Waals surface area (Å²) in [4.78, 5) is 13.6. The smallest absolute Gasteiger partial charge is 0.268 e. The van der Waals surface area contributed by atoms with Gasteiger partial charge in [-0.3, -0.25) is 9.97 Å². The van der Waals surface area contributed by atoms with Crippen molar-refractivity contribution in [3.63, 3.8) is 0 Å². The van der Waals surface area contributed by atoms with Crippen molar-refractivity contribution in [2.45, 2.75) is 38.7 Å². The molecule has 35 heavy (non-hydrogen) atoms. The predicted molar refractivity (Wildman–Crippen MR) is 129 cm³/mol. The number of hydrogen-bond acceptors (Lipinski definition) is 9. The van der Waals surface area contributed by atoms with Crippen molar-refractivity contribution in [1.82, 2.24) is 30.5 Å². The number of aromatic nitrogens is 5. The van der Waals surface area contributed by atoms with Crippen LogP contribution in [0.1, 0.15) is 31.7 Å². The van der Waals surface area contributed by atoms with E-state index in [4.69, 9.17) is 14.1 Å². The molecule has 0 saturated carbocycles. The number of nitrogens with zero attached hydrogens (tertiary/aromatic N) is 6. The number of ether oxygens (including phenoxy) is 1. The molecule has 9 nitrogen and oxygen atoms in total. The van der Waals surface area contributed by atoms with E-state index >= 15 is 0 Å². The van der Waals surface area contributed by atoms with Gasteiger partial charge >= 0.3 is 0 Å². The summed E-state index contributed by atoms with van der Waals surface area (Å²) >= 11 is 0. The predicted octanol–water partition coefficient (Wildman–Crippen LogP) is 4.11. The van der Waals surface area contributed by atoms with Crippen LogP contribution in [-0.4, -0.2) is 44.3 Å². The van der Waals surface area contributed by atoms with E-state index in [1.807, 2.05) is 57.2 Å². The van der Waals surface area contributed by atoms with Crippen LogP contribution in [0.3, 0.4) is 0 Å². The third kappa shape index (κ3) is 4.74. The highest BCUT2D eigenvalue weighted by Gasteiger charge is 2.23. The first-order chi connectivity index (χ1) is 16.9. The molecule has 1 aromatic carbocycles. The number of rotatable bonds is 6. The van der Waals surface area contributed by atoms with E-state index in [1.54, 1.807) is 12.4 Å². The number of aryl methyl sites for hydroxylation is 1. The van der Waals surface area contributed by atoms with Crippen molar-refractivity contribution in [3.05, 3.63) is 60.2 Å². The van der Waals surface area contributed by atoms with Crippen LogP contribution < -0.4 is 10.1 Å². The standard InChI is InChI=1S/C26H25N7O2/c1-16-23(31-21(14-30-16)18-8-11-29-22(12-18)26(2,3)15-27)25-33-32-24(35-25)17-4-6-19(7-5-17)34-20-9-10-28-13-20/h4-8,11-12,14,20,28H,9-10,13H2,1-3H3/t20-/m0/s1. The highest BCUT2D eigenvalue weighted by molar-refractivity contribution is 5.64. The molecule has 0 radical (unpaired) electrons.